The lowest BCUT2D eigenvalue weighted by Gasteiger charge is -2.72. The van der Waals surface area contributed by atoms with Crippen LogP contribution in [0.15, 0.2) is 18.2 Å². The van der Waals surface area contributed by atoms with Crippen LogP contribution >= 0.6 is 0 Å². The van der Waals surface area contributed by atoms with E-state index < -0.39 is 29.1 Å². The Morgan fingerprint density at radius 2 is 1.94 bits per heavy atom. The van der Waals surface area contributed by atoms with Crippen molar-refractivity contribution in [1.29, 1.82) is 0 Å². The maximum atomic E-state index is 13.7. The second kappa shape index (κ2) is 3.29. The molecule has 1 unspecified atom stereocenters. The molecule has 1 aromatic rings. The summed E-state index contributed by atoms with van der Waals surface area (Å²) in [6.45, 7) is 0. The predicted octanol–water partition coefficient (Wildman–Crippen LogP) is 1.80. The largest absolute Gasteiger partial charge is 0.480 e. The minimum Gasteiger partial charge on any atom is -0.480 e. The third-order valence-electron chi connectivity index (χ3n) is 4.52. The summed E-state index contributed by atoms with van der Waals surface area (Å²) < 4.78 is 26.9. The highest BCUT2D eigenvalue weighted by Gasteiger charge is 2.72. The van der Waals surface area contributed by atoms with E-state index in [1.807, 2.05) is 0 Å². The van der Waals surface area contributed by atoms with Gasteiger partial charge in [0.1, 0.15) is 6.04 Å². The van der Waals surface area contributed by atoms with Crippen LogP contribution < -0.4 is 5.73 Å². The van der Waals surface area contributed by atoms with E-state index in [0.29, 0.717) is 24.8 Å². The summed E-state index contributed by atoms with van der Waals surface area (Å²) in [5, 5.41) is 8.90. The van der Waals surface area contributed by atoms with Crippen LogP contribution in [0.3, 0.4) is 0 Å². The van der Waals surface area contributed by atoms with Gasteiger partial charge in [0, 0.05) is 5.41 Å². The van der Waals surface area contributed by atoms with Crippen LogP contribution in [0.25, 0.3) is 0 Å². The standard InChI is InChI=1S/C13H13F2NO2/c14-8-3-1-2-7(9(8)15)12-4-13(5-12,6-12)10(16)11(17)18/h1-3,10H,4-6,16H2,(H,17,18). The molecule has 4 rings (SSSR count). The van der Waals surface area contributed by atoms with Crippen molar-refractivity contribution in [1.82, 2.24) is 0 Å². The van der Waals surface area contributed by atoms with Gasteiger partial charge >= 0.3 is 5.97 Å². The molecule has 0 saturated heterocycles. The van der Waals surface area contributed by atoms with E-state index in [0.717, 1.165) is 6.07 Å². The van der Waals surface area contributed by atoms with Gasteiger partial charge in [0.05, 0.1) is 0 Å². The van der Waals surface area contributed by atoms with Gasteiger partial charge in [-0.1, -0.05) is 12.1 Å². The van der Waals surface area contributed by atoms with Gasteiger partial charge in [-0.25, -0.2) is 8.78 Å². The van der Waals surface area contributed by atoms with E-state index in [1.54, 1.807) is 6.07 Å². The van der Waals surface area contributed by atoms with Gasteiger partial charge in [0.15, 0.2) is 11.6 Å². The zero-order valence-electron chi connectivity index (χ0n) is 9.62. The van der Waals surface area contributed by atoms with Gasteiger partial charge in [-0.15, -0.1) is 0 Å². The van der Waals surface area contributed by atoms with Crippen LogP contribution in [0, 0.1) is 17.0 Å². The van der Waals surface area contributed by atoms with E-state index in [9.17, 15) is 13.6 Å². The average molecular weight is 253 g/mol. The first-order chi connectivity index (χ1) is 8.40. The number of carboxylic acid groups (broad SMARTS) is 1. The van der Waals surface area contributed by atoms with Crippen molar-refractivity contribution in [3.63, 3.8) is 0 Å². The van der Waals surface area contributed by atoms with Gasteiger partial charge < -0.3 is 10.8 Å². The number of hydrogen-bond donors (Lipinski definition) is 2. The molecule has 1 atom stereocenters. The third kappa shape index (κ3) is 1.22. The fourth-order valence-corrected chi connectivity index (χ4v) is 3.66. The molecular formula is C13H13F2NO2. The summed E-state index contributed by atoms with van der Waals surface area (Å²) in [4.78, 5) is 10.9. The van der Waals surface area contributed by atoms with Crippen LogP contribution in [-0.2, 0) is 10.2 Å². The fourth-order valence-electron chi connectivity index (χ4n) is 3.66. The lowest BCUT2D eigenvalue weighted by atomic mass is 9.31. The molecule has 3 aliphatic carbocycles. The van der Waals surface area contributed by atoms with Gasteiger partial charge in [-0.2, -0.15) is 0 Å². The second-order valence-electron chi connectivity index (χ2n) is 5.59. The van der Waals surface area contributed by atoms with E-state index >= 15 is 0 Å². The Hall–Kier alpha value is -1.49. The summed E-state index contributed by atoms with van der Waals surface area (Å²) in [5.74, 6) is -2.69. The highest BCUT2D eigenvalue weighted by atomic mass is 19.2. The first-order valence-corrected chi connectivity index (χ1v) is 5.83. The molecule has 3 aliphatic rings. The quantitative estimate of drug-likeness (QED) is 0.863. The number of halogens is 2. The number of aliphatic carboxylic acids is 1. The molecule has 0 spiro atoms. The average Bonchev–Trinajstić information content (AvgIpc) is 2.20. The number of nitrogens with two attached hydrogens (primary N) is 1. The molecule has 3 fully saturated rings. The Balaban J connectivity index is 1.84. The molecule has 0 heterocycles. The van der Waals surface area contributed by atoms with Crippen LogP contribution in [0.2, 0.25) is 0 Å². The van der Waals surface area contributed by atoms with Crippen LogP contribution in [0.4, 0.5) is 8.78 Å². The molecule has 1 aromatic carbocycles. The lowest BCUT2D eigenvalue weighted by Crippen LogP contribution is -2.72. The van der Waals surface area contributed by atoms with E-state index in [-0.39, 0.29) is 5.41 Å². The molecular weight excluding hydrogens is 240 g/mol. The number of carbonyl (C=O) groups is 1. The second-order valence-corrected chi connectivity index (χ2v) is 5.59. The molecule has 3 saturated carbocycles. The summed E-state index contributed by atoms with van der Waals surface area (Å²) in [6, 6.07) is 3.24. The fraction of sp³-hybridized carbons (Fsp3) is 0.462. The monoisotopic (exact) mass is 253 g/mol. The third-order valence-corrected chi connectivity index (χ3v) is 4.52. The number of rotatable bonds is 3. The van der Waals surface area contributed by atoms with E-state index in [1.165, 1.54) is 6.07 Å². The lowest BCUT2D eigenvalue weighted by molar-refractivity contribution is -0.179. The van der Waals surface area contributed by atoms with Crippen LogP contribution in [0.5, 0.6) is 0 Å². The van der Waals surface area contributed by atoms with Gasteiger partial charge in [-0.05, 0) is 36.3 Å². The Morgan fingerprint density at radius 3 is 2.50 bits per heavy atom. The maximum Gasteiger partial charge on any atom is 0.321 e. The SMILES string of the molecule is NC(C(=O)O)C12CC(c3cccc(F)c3F)(C1)C2. The molecule has 0 amide bonds. The zero-order valence-corrected chi connectivity index (χ0v) is 9.62. The summed E-state index contributed by atoms with van der Waals surface area (Å²) in [7, 11) is 0. The minimum atomic E-state index is -1.02. The molecule has 2 bridgehead atoms. The highest BCUT2D eigenvalue weighted by Crippen LogP contribution is 2.74. The maximum absolute atomic E-state index is 13.7. The van der Waals surface area contributed by atoms with Crippen molar-refractivity contribution >= 4 is 5.97 Å². The van der Waals surface area contributed by atoms with Crippen molar-refractivity contribution < 1.29 is 18.7 Å². The van der Waals surface area contributed by atoms with Crippen molar-refractivity contribution in [2.24, 2.45) is 11.1 Å². The van der Waals surface area contributed by atoms with Gasteiger partial charge in [0.25, 0.3) is 0 Å². The molecule has 5 heteroatoms. The highest BCUT2D eigenvalue weighted by molar-refractivity contribution is 5.76. The minimum absolute atomic E-state index is 0.363. The predicted molar refractivity (Wildman–Crippen MR) is 59.9 cm³/mol. The van der Waals surface area contributed by atoms with Gasteiger partial charge in [-0.3, -0.25) is 4.79 Å². The molecule has 3 nitrogen and oxygen atoms in total. The topological polar surface area (TPSA) is 63.3 Å². The number of hydrogen-bond acceptors (Lipinski definition) is 2. The Morgan fingerprint density at radius 1 is 1.33 bits per heavy atom. The smallest absolute Gasteiger partial charge is 0.321 e. The summed E-state index contributed by atoms with van der Waals surface area (Å²) >= 11 is 0. The Bertz CT molecular complexity index is 524. The van der Waals surface area contributed by atoms with Gasteiger partial charge in [0.2, 0.25) is 0 Å². The van der Waals surface area contributed by atoms with Crippen molar-refractivity contribution in [3.8, 4) is 0 Å². The Labute approximate surface area is 103 Å². The van der Waals surface area contributed by atoms with E-state index in [2.05, 4.69) is 0 Å². The zero-order chi connectivity index (χ0) is 13.1. The normalized spacial score (nSPS) is 34.4. The molecule has 3 N–H and O–H groups in total. The first-order valence-electron chi connectivity index (χ1n) is 5.83. The van der Waals surface area contributed by atoms with E-state index in [4.69, 9.17) is 10.8 Å². The van der Waals surface area contributed by atoms with Crippen LogP contribution in [0.1, 0.15) is 24.8 Å². The molecule has 96 valence electrons. The molecule has 18 heavy (non-hydrogen) atoms. The van der Waals surface area contributed by atoms with Crippen molar-refractivity contribution in [2.75, 3.05) is 0 Å². The molecule has 0 radical (unpaired) electrons. The Kier molecular flexibility index (Phi) is 2.12. The van der Waals surface area contributed by atoms with Crippen molar-refractivity contribution in [2.45, 2.75) is 30.7 Å². The molecule has 0 aliphatic heterocycles. The summed E-state index contributed by atoms with van der Waals surface area (Å²) in [5.41, 5.74) is 5.19. The summed E-state index contributed by atoms with van der Waals surface area (Å²) in [6.07, 6.45) is 1.61. The van der Waals surface area contributed by atoms with Crippen molar-refractivity contribution in [3.05, 3.63) is 35.4 Å². The number of carboxylic acids is 1. The molecule has 0 aromatic heterocycles. The van der Waals surface area contributed by atoms with Crippen LogP contribution in [-0.4, -0.2) is 17.1 Å². The first kappa shape index (κ1) is 11.6. The number of benzene rings is 1.